The number of amides is 4. The molecule has 0 bridgehead atoms. The summed E-state index contributed by atoms with van der Waals surface area (Å²) < 4.78 is 27.1. The molecule has 1 N–H and O–H groups in total. The highest BCUT2D eigenvalue weighted by Crippen LogP contribution is 2.28. The van der Waals surface area contributed by atoms with Gasteiger partial charge in [-0.25, -0.2) is 9.18 Å². The molecule has 2 aliphatic rings. The molecule has 2 aliphatic heterocycles. The predicted molar refractivity (Wildman–Crippen MR) is 161 cm³/mol. The summed E-state index contributed by atoms with van der Waals surface area (Å²) in [6.07, 6.45) is -0.383. The summed E-state index contributed by atoms with van der Waals surface area (Å²) in [5.74, 6) is -0.941. The highest BCUT2D eigenvalue weighted by atomic mass is 32.2. The quantitative estimate of drug-likeness (QED) is 0.374. The molecule has 2 fully saturated rings. The van der Waals surface area contributed by atoms with Gasteiger partial charge in [0.2, 0.25) is 11.8 Å². The number of fused-ring (bicyclic) bond motifs is 1. The van der Waals surface area contributed by atoms with Crippen LogP contribution in [0.5, 0.6) is 0 Å². The number of ketones is 1. The SMILES string of the molecule is CC(=O)c1ccc(NC(=O)N2CCC(=O)N3[C@@H]2CN(CCc2cccc(F)c2)C(=O)[C@@H]3CS(=O)Cc2ccccc2)cc1. The van der Waals surface area contributed by atoms with Gasteiger partial charge in [0.1, 0.15) is 18.0 Å². The number of nitrogens with zero attached hydrogens (tertiary/aromatic N) is 3. The van der Waals surface area contributed by atoms with Gasteiger partial charge >= 0.3 is 6.03 Å². The van der Waals surface area contributed by atoms with Gasteiger partial charge in [0.25, 0.3) is 0 Å². The zero-order valence-corrected chi connectivity index (χ0v) is 24.6. The van der Waals surface area contributed by atoms with Gasteiger partial charge in [0.15, 0.2) is 5.78 Å². The van der Waals surface area contributed by atoms with Crippen LogP contribution in [0.15, 0.2) is 78.9 Å². The predicted octanol–water partition coefficient (Wildman–Crippen LogP) is 3.82. The number of benzene rings is 3. The number of carbonyl (C=O) groups is 4. The van der Waals surface area contributed by atoms with Crippen LogP contribution in [-0.2, 0) is 32.6 Å². The first kappa shape index (κ1) is 30.1. The van der Waals surface area contributed by atoms with Crippen LogP contribution in [0.2, 0.25) is 0 Å². The first-order valence-corrected chi connectivity index (χ1v) is 15.6. The van der Waals surface area contributed by atoms with E-state index in [1.807, 2.05) is 30.3 Å². The van der Waals surface area contributed by atoms with E-state index >= 15 is 0 Å². The van der Waals surface area contributed by atoms with E-state index < -0.39 is 29.0 Å². The van der Waals surface area contributed by atoms with Crippen molar-refractivity contribution >= 4 is 40.1 Å². The number of hydrogen-bond acceptors (Lipinski definition) is 5. The Hall–Kier alpha value is -4.38. The zero-order valence-electron chi connectivity index (χ0n) is 23.8. The summed E-state index contributed by atoms with van der Waals surface area (Å²) in [6.45, 7) is 1.91. The molecule has 224 valence electrons. The third-order valence-corrected chi connectivity index (χ3v) is 9.07. The van der Waals surface area contributed by atoms with Crippen molar-refractivity contribution in [1.29, 1.82) is 0 Å². The molecule has 3 atom stereocenters. The highest BCUT2D eigenvalue weighted by molar-refractivity contribution is 7.84. The number of halogens is 1. The Kier molecular flexibility index (Phi) is 9.30. The number of piperazine rings is 1. The largest absolute Gasteiger partial charge is 0.337 e. The van der Waals surface area contributed by atoms with Crippen molar-refractivity contribution in [3.63, 3.8) is 0 Å². The summed E-state index contributed by atoms with van der Waals surface area (Å²) in [4.78, 5) is 56.8. The topological polar surface area (TPSA) is 107 Å². The molecule has 43 heavy (non-hydrogen) atoms. The Morgan fingerprint density at radius 1 is 0.977 bits per heavy atom. The van der Waals surface area contributed by atoms with E-state index in [2.05, 4.69) is 5.32 Å². The number of rotatable bonds is 9. The molecule has 2 saturated heterocycles. The number of carbonyl (C=O) groups excluding carboxylic acids is 4. The van der Waals surface area contributed by atoms with Crippen molar-refractivity contribution in [1.82, 2.24) is 14.7 Å². The Bertz CT molecular complexity index is 1530. The van der Waals surface area contributed by atoms with Gasteiger partial charge in [-0.05, 0) is 60.9 Å². The summed E-state index contributed by atoms with van der Waals surface area (Å²) in [5, 5.41) is 2.84. The molecule has 0 aliphatic carbocycles. The molecule has 3 aromatic rings. The molecule has 0 saturated carbocycles. The Morgan fingerprint density at radius 2 is 1.70 bits per heavy atom. The lowest BCUT2D eigenvalue weighted by molar-refractivity contribution is -0.165. The molecular formula is C32H33FN4O5S. The van der Waals surface area contributed by atoms with Crippen LogP contribution in [0.3, 0.4) is 0 Å². The summed E-state index contributed by atoms with van der Waals surface area (Å²) >= 11 is 0. The maximum atomic E-state index is 13.8. The van der Waals surface area contributed by atoms with E-state index in [-0.39, 0.29) is 61.0 Å². The third kappa shape index (κ3) is 7.16. The Balaban J connectivity index is 1.39. The standard InChI is InChI=1S/C32H33FN4O5S/c1-22(38)25-10-12-27(13-11-25)34-32(41)36-17-15-30(39)37-28(21-43(42)20-24-6-3-2-4-7-24)31(40)35(19-29(36)37)16-14-23-8-5-9-26(33)18-23/h2-13,18,28-29H,14-17,19-21H2,1H3,(H,34,41)/t28-,29+,43?/m0/s1. The molecular weight excluding hydrogens is 571 g/mol. The monoisotopic (exact) mass is 604 g/mol. The number of urea groups is 1. The Morgan fingerprint density at radius 3 is 2.40 bits per heavy atom. The average Bonchev–Trinajstić information content (AvgIpc) is 2.98. The number of Topliss-reactive ketones (excluding diaryl/α,β-unsaturated/α-hetero) is 1. The second-order valence-corrected chi connectivity index (χ2v) is 12.2. The van der Waals surface area contributed by atoms with E-state index in [9.17, 15) is 27.8 Å². The van der Waals surface area contributed by atoms with Crippen LogP contribution in [0, 0.1) is 5.82 Å². The highest BCUT2D eigenvalue weighted by Gasteiger charge is 2.49. The second-order valence-electron chi connectivity index (χ2n) is 10.7. The van der Waals surface area contributed by atoms with Gasteiger partial charge in [-0.2, -0.15) is 0 Å². The minimum Gasteiger partial charge on any atom is -0.337 e. The van der Waals surface area contributed by atoms with E-state index in [4.69, 9.17) is 0 Å². The lowest BCUT2D eigenvalue weighted by Crippen LogP contribution is -2.72. The van der Waals surface area contributed by atoms with Gasteiger partial charge in [-0.3, -0.25) is 18.6 Å². The van der Waals surface area contributed by atoms with Gasteiger partial charge in [-0.15, -0.1) is 0 Å². The van der Waals surface area contributed by atoms with Crippen LogP contribution in [0.4, 0.5) is 14.9 Å². The zero-order chi connectivity index (χ0) is 30.5. The summed E-state index contributed by atoms with van der Waals surface area (Å²) in [7, 11) is -1.47. The van der Waals surface area contributed by atoms with Crippen LogP contribution in [0.1, 0.15) is 34.8 Å². The molecule has 1 unspecified atom stereocenters. The first-order valence-electron chi connectivity index (χ1n) is 14.1. The van der Waals surface area contributed by atoms with E-state index in [1.165, 1.54) is 28.9 Å². The van der Waals surface area contributed by atoms with Gasteiger partial charge in [0.05, 0.1) is 12.3 Å². The fourth-order valence-corrected chi connectivity index (χ4v) is 6.86. The lowest BCUT2D eigenvalue weighted by Gasteiger charge is -2.52. The molecule has 0 aromatic heterocycles. The molecule has 3 aromatic carbocycles. The number of anilines is 1. The molecule has 5 rings (SSSR count). The average molecular weight is 605 g/mol. The Labute approximate surface area is 252 Å². The van der Waals surface area contributed by atoms with Crippen molar-refractivity contribution in [3.05, 3.63) is 101 Å². The first-order chi connectivity index (χ1) is 20.7. The van der Waals surface area contributed by atoms with E-state index in [1.54, 1.807) is 41.3 Å². The minimum atomic E-state index is -1.47. The molecule has 2 heterocycles. The normalized spacial score (nSPS) is 19.2. The smallest absolute Gasteiger partial charge is 0.323 e. The van der Waals surface area contributed by atoms with Gasteiger partial charge < -0.3 is 20.0 Å². The van der Waals surface area contributed by atoms with Crippen LogP contribution in [0.25, 0.3) is 0 Å². The fourth-order valence-electron chi connectivity index (χ4n) is 5.52. The fraction of sp³-hybridized carbons (Fsp3) is 0.312. The van der Waals surface area contributed by atoms with Crippen molar-refractivity contribution in [2.24, 2.45) is 0 Å². The summed E-state index contributed by atoms with van der Waals surface area (Å²) in [5.41, 5.74) is 2.56. The minimum absolute atomic E-state index is 0.0194. The van der Waals surface area contributed by atoms with Crippen LogP contribution in [-0.4, -0.2) is 80.1 Å². The molecule has 9 nitrogen and oxygen atoms in total. The van der Waals surface area contributed by atoms with Crippen molar-refractivity contribution in [2.45, 2.75) is 37.7 Å². The maximum Gasteiger partial charge on any atom is 0.323 e. The van der Waals surface area contributed by atoms with Crippen LogP contribution >= 0.6 is 0 Å². The van der Waals surface area contributed by atoms with Crippen molar-refractivity contribution in [2.75, 3.05) is 30.7 Å². The summed E-state index contributed by atoms with van der Waals surface area (Å²) in [6, 6.07) is 20.4. The third-order valence-electron chi connectivity index (χ3n) is 7.73. The van der Waals surface area contributed by atoms with E-state index in [0.717, 1.165) is 5.56 Å². The second kappa shape index (κ2) is 13.3. The maximum absolute atomic E-state index is 13.8. The van der Waals surface area contributed by atoms with Gasteiger partial charge in [-0.1, -0.05) is 42.5 Å². The molecule has 4 amide bonds. The van der Waals surface area contributed by atoms with Crippen molar-refractivity contribution < 1.29 is 27.8 Å². The number of nitrogens with one attached hydrogen (secondary N) is 1. The number of hydrogen-bond donors (Lipinski definition) is 1. The lowest BCUT2D eigenvalue weighted by atomic mass is 10.0. The van der Waals surface area contributed by atoms with Crippen LogP contribution < -0.4 is 5.32 Å². The van der Waals surface area contributed by atoms with Gasteiger partial charge in [0, 0.05) is 47.3 Å². The molecule has 11 heteroatoms. The van der Waals surface area contributed by atoms with Crippen molar-refractivity contribution in [3.8, 4) is 0 Å². The molecule has 0 spiro atoms. The van der Waals surface area contributed by atoms with E-state index in [0.29, 0.717) is 23.2 Å². The molecule has 0 radical (unpaired) electrons.